The Bertz CT molecular complexity index is 260. The quantitative estimate of drug-likeness (QED) is 0.600. The molecule has 1 fully saturated rings. The maximum atomic E-state index is 11.5. The van der Waals surface area contributed by atoms with Crippen LogP contribution in [0.25, 0.3) is 0 Å². The minimum atomic E-state index is -0.705. The van der Waals surface area contributed by atoms with Gasteiger partial charge in [-0.25, -0.2) is 0 Å². The van der Waals surface area contributed by atoms with Crippen molar-refractivity contribution in [2.75, 3.05) is 13.6 Å². The molecule has 3 N–H and O–H groups in total. The number of aliphatic carboxylic acids is 1. The van der Waals surface area contributed by atoms with Gasteiger partial charge >= 0.3 is 5.97 Å². The lowest BCUT2D eigenvalue weighted by molar-refractivity contribution is -0.142. The molecule has 0 spiro atoms. The summed E-state index contributed by atoms with van der Waals surface area (Å²) >= 11 is 0. The average Bonchev–Trinajstić information content (AvgIpc) is 2.30. The molecule has 0 unspecified atom stereocenters. The number of carbonyl (C=O) groups excluding carboxylic acids is 1. The molecule has 0 atom stereocenters. The van der Waals surface area contributed by atoms with Crippen LogP contribution in [0.5, 0.6) is 0 Å². The Labute approximate surface area is 102 Å². The molecule has 98 valence electrons. The first-order valence-electron chi connectivity index (χ1n) is 6.30. The Morgan fingerprint density at radius 3 is 2.41 bits per heavy atom. The number of nitrogens with one attached hydrogen (secondary N) is 2. The van der Waals surface area contributed by atoms with Crippen LogP contribution in [0.4, 0.5) is 0 Å². The highest BCUT2D eigenvalue weighted by Gasteiger charge is 2.26. The fourth-order valence-corrected chi connectivity index (χ4v) is 2.21. The molecular formula is C12H22N2O3. The average molecular weight is 242 g/mol. The molecule has 0 bridgehead atoms. The lowest BCUT2D eigenvalue weighted by Gasteiger charge is -2.26. The Hall–Kier alpha value is -1.10. The molecule has 0 aliphatic heterocycles. The molecule has 0 aromatic heterocycles. The summed E-state index contributed by atoms with van der Waals surface area (Å²) in [7, 11) is 1.87. The highest BCUT2D eigenvalue weighted by atomic mass is 16.4. The lowest BCUT2D eigenvalue weighted by Crippen LogP contribution is -2.38. The Morgan fingerprint density at radius 2 is 1.88 bits per heavy atom. The van der Waals surface area contributed by atoms with Crippen molar-refractivity contribution in [2.24, 2.45) is 5.92 Å². The largest absolute Gasteiger partial charge is 0.481 e. The van der Waals surface area contributed by atoms with Gasteiger partial charge in [-0.05, 0) is 45.7 Å². The normalized spacial score (nSPS) is 24.3. The minimum absolute atomic E-state index is 0.0824. The second-order valence-electron chi connectivity index (χ2n) is 4.66. The Balaban J connectivity index is 2.17. The maximum Gasteiger partial charge on any atom is 0.306 e. The van der Waals surface area contributed by atoms with Crippen molar-refractivity contribution in [3.63, 3.8) is 0 Å². The van der Waals surface area contributed by atoms with Crippen molar-refractivity contribution >= 4 is 11.9 Å². The summed E-state index contributed by atoms with van der Waals surface area (Å²) < 4.78 is 0. The van der Waals surface area contributed by atoms with E-state index in [1.807, 2.05) is 7.05 Å². The monoisotopic (exact) mass is 242 g/mol. The molecule has 0 radical (unpaired) electrons. The van der Waals surface area contributed by atoms with Gasteiger partial charge in [0.15, 0.2) is 0 Å². The third kappa shape index (κ3) is 5.17. The van der Waals surface area contributed by atoms with Crippen LogP contribution in [0, 0.1) is 5.92 Å². The van der Waals surface area contributed by atoms with E-state index < -0.39 is 5.97 Å². The van der Waals surface area contributed by atoms with E-state index in [2.05, 4.69) is 10.6 Å². The summed E-state index contributed by atoms with van der Waals surface area (Å²) in [6.45, 7) is 0.846. The molecule has 0 aromatic carbocycles. The van der Waals surface area contributed by atoms with E-state index >= 15 is 0 Å². The Morgan fingerprint density at radius 1 is 1.24 bits per heavy atom. The molecule has 1 aliphatic rings. The third-order valence-corrected chi connectivity index (χ3v) is 3.27. The van der Waals surface area contributed by atoms with E-state index in [0.29, 0.717) is 19.3 Å². The molecular weight excluding hydrogens is 220 g/mol. The van der Waals surface area contributed by atoms with Crippen molar-refractivity contribution in [2.45, 2.75) is 44.6 Å². The van der Waals surface area contributed by atoms with Crippen molar-refractivity contribution in [3.05, 3.63) is 0 Å². The summed E-state index contributed by atoms with van der Waals surface area (Å²) in [6, 6.07) is 0.174. The van der Waals surface area contributed by atoms with Gasteiger partial charge in [-0.3, -0.25) is 9.59 Å². The molecule has 1 saturated carbocycles. The van der Waals surface area contributed by atoms with Crippen LogP contribution < -0.4 is 10.6 Å². The fourth-order valence-electron chi connectivity index (χ4n) is 2.21. The second kappa shape index (κ2) is 7.27. The van der Waals surface area contributed by atoms with Crippen molar-refractivity contribution in [1.29, 1.82) is 0 Å². The van der Waals surface area contributed by atoms with E-state index in [1.165, 1.54) is 0 Å². The summed E-state index contributed by atoms with van der Waals surface area (Å²) in [6.07, 6.45) is 4.31. The molecule has 0 saturated heterocycles. The van der Waals surface area contributed by atoms with Crippen molar-refractivity contribution in [1.82, 2.24) is 10.6 Å². The predicted molar refractivity (Wildman–Crippen MR) is 64.7 cm³/mol. The van der Waals surface area contributed by atoms with Crippen LogP contribution in [0.3, 0.4) is 0 Å². The van der Waals surface area contributed by atoms with Crippen LogP contribution >= 0.6 is 0 Å². The van der Waals surface area contributed by atoms with Crippen LogP contribution in [0.1, 0.15) is 38.5 Å². The standard InChI is InChI=1S/C12H22N2O3/c1-13-8-2-3-11(15)14-10-6-4-9(5-7-10)12(16)17/h9-10,13H,2-8H2,1H3,(H,14,15)(H,16,17). The zero-order valence-electron chi connectivity index (χ0n) is 10.4. The predicted octanol–water partition coefficient (Wildman–Crippen LogP) is 0.746. The summed E-state index contributed by atoms with van der Waals surface area (Å²) in [5.41, 5.74) is 0. The molecule has 0 heterocycles. The van der Waals surface area contributed by atoms with Gasteiger partial charge in [-0.15, -0.1) is 0 Å². The van der Waals surface area contributed by atoms with E-state index in [0.717, 1.165) is 25.8 Å². The maximum absolute atomic E-state index is 11.5. The van der Waals surface area contributed by atoms with Gasteiger partial charge in [-0.1, -0.05) is 0 Å². The van der Waals surface area contributed by atoms with Crippen LogP contribution in [0.2, 0.25) is 0 Å². The van der Waals surface area contributed by atoms with E-state index in [9.17, 15) is 9.59 Å². The number of rotatable bonds is 6. The lowest BCUT2D eigenvalue weighted by atomic mass is 9.86. The minimum Gasteiger partial charge on any atom is -0.481 e. The van der Waals surface area contributed by atoms with Crippen molar-refractivity contribution in [3.8, 4) is 0 Å². The number of carboxylic acid groups (broad SMARTS) is 1. The molecule has 1 rings (SSSR count). The molecule has 5 nitrogen and oxygen atoms in total. The first-order valence-corrected chi connectivity index (χ1v) is 6.30. The number of carbonyl (C=O) groups is 2. The summed E-state index contributed by atoms with van der Waals surface area (Å²) in [5, 5.41) is 14.8. The summed E-state index contributed by atoms with van der Waals surface area (Å²) in [5.74, 6) is -0.838. The van der Waals surface area contributed by atoms with Crippen molar-refractivity contribution < 1.29 is 14.7 Å². The number of amides is 1. The van der Waals surface area contributed by atoms with E-state index in [-0.39, 0.29) is 17.9 Å². The first kappa shape index (κ1) is 14.0. The smallest absolute Gasteiger partial charge is 0.306 e. The number of hydrogen-bond acceptors (Lipinski definition) is 3. The van der Waals surface area contributed by atoms with Crippen LogP contribution in [-0.2, 0) is 9.59 Å². The van der Waals surface area contributed by atoms with Gasteiger partial charge < -0.3 is 15.7 Å². The molecule has 1 aliphatic carbocycles. The van der Waals surface area contributed by atoms with Gasteiger partial charge in [0.25, 0.3) is 0 Å². The zero-order chi connectivity index (χ0) is 12.7. The zero-order valence-corrected chi connectivity index (χ0v) is 10.4. The second-order valence-corrected chi connectivity index (χ2v) is 4.66. The topological polar surface area (TPSA) is 78.4 Å². The highest BCUT2D eigenvalue weighted by Crippen LogP contribution is 2.24. The summed E-state index contributed by atoms with van der Waals surface area (Å²) in [4.78, 5) is 22.3. The number of hydrogen-bond donors (Lipinski definition) is 3. The molecule has 0 aromatic rings. The van der Waals surface area contributed by atoms with E-state index in [1.54, 1.807) is 0 Å². The van der Waals surface area contributed by atoms with Gasteiger partial charge in [0.05, 0.1) is 5.92 Å². The van der Waals surface area contributed by atoms with Gasteiger partial charge in [0.2, 0.25) is 5.91 Å². The Kier molecular flexibility index (Phi) is 5.97. The SMILES string of the molecule is CNCCCC(=O)NC1CCC(C(=O)O)CC1. The van der Waals surface area contributed by atoms with Gasteiger partial charge in [0, 0.05) is 12.5 Å². The highest BCUT2D eigenvalue weighted by molar-refractivity contribution is 5.76. The molecule has 17 heavy (non-hydrogen) atoms. The first-order chi connectivity index (χ1) is 8.13. The fraction of sp³-hybridized carbons (Fsp3) is 0.833. The van der Waals surface area contributed by atoms with Crippen LogP contribution in [-0.4, -0.2) is 36.6 Å². The van der Waals surface area contributed by atoms with Gasteiger partial charge in [0.1, 0.15) is 0 Å². The molecule has 1 amide bonds. The van der Waals surface area contributed by atoms with Gasteiger partial charge in [-0.2, -0.15) is 0 Å². The molecule has 5 heteroatoms. The van der Waals surface area contributed by atoms with Crippen LogP contribution in [0.15, 0.2) is 0 Å². The van der Waals surface area contributed by atoms with E-state index in [4.69, 9.17) is 5.11 Å². The third-order valence-electron chi connectivity index (χ3n) is 3.27. The number of carboxylic acids is 1.